The number of aliphatic hydroxyl groups excluding tert-OH is 1. The number of hydrogen-bond acceptors (Lipinski definition) is 4. The van der Waals surface area contributed by atoms with E-state index in [1.54, 1.807) is 7.11 Å². The van der Waals surface area contributed by atoms with Crippen molar-refractivity contribution in [3.05, 3.63) is 0 Å². The number of carbonyl (C=O) groups is 1. The summed E-state index contributed by atoms with van der Waals surface area (Å²) >= 11 is 0. The quantitative estimate of drug-likeness (QED) is 0.746. The molecular formula is C20H31NO3. The highest BCUT2D eigenvalue weighted by Crippen LogP contribution is 2.64. The standard InChI is InChI=1S/C20H31NO3/c1-19-9-8-13(22)10-12(19)4-5-14-15-6-7-17(21-24-3)20(15,2)11-16(23)18(14)19/h12-15,18,22H,4-11H2,1-3H3/b21-17-/t12-,13-,14+,15+,18-,19+,20+/m1/s1. The van der Waals surface area contributed by atoms with Crippen molar-refractivity contribution in [2.75, 3.05) is 7.11 Å². The van der Waals surface area contributed by atoms with Crippen LogP contribution in [0.3, 0.4) is 0 Å². The van der Waals surface area contributed by atoms with Crippen LogP contribution in [0.2, 0.25) is 0 Å². The zero-order chi connectivity index (χ0) is 17.1. The lowest BCUT2D eigenvalue weighted by molar-refractivity contribution is -0.156. The van der Waals surface area contributed by atoms with E-state index in [0.717, 1.165) is 44.2 Å². The van der Waals surface area contributed by atoms with Crippen molar-refractivity contribution >= 4 is 11.5 Å². The fourth-order valence-corrected chi connectivity index (χ4v) is 7.11. The van der Waals surface area contributed by atoms with Crippen LogP contribution >= 0.6 is 0 Å². The lowest BCUT2D eigenvalue weighted by atomic mass is 9.45. The molecule has 0 radical (unpaired) electrons. The number of aliphatic hydroxyl groups is 1. The van der Waals surface area contributed by atoms with E-state index in [9.17, 15) is 9.90 Å². The molecule has 134 valence electrons. The molecule has 0 aromatic rings. The first kappa shape index (κ1) is 16.6. The molecule has 0 saturated heterocycles. The highest BCUT2D eigenvalue weighted by atomic mass is 16.6. The number of nitrogens with zero attached hydrogens (tertiary/aromatic N) is 1. The number of Topliss-reactive ketones (excluding diaryl/α,β-unsaturated/α-hetero) is 1. The predicted molar refractivity (Wildman–Crippen MR) is 92.6 cm³/mol. The maximum absolute atomic E-state index is 13.3. The van der Waals surface area contributed by atoms with Crippen LogP contribution in [-0.4, -0.2) is 29.8 Å². The molecule has 4 saturated carbocycles. The number of oxime groups is 1. The number of carbonyl (C=O) groups excluding carboxylic acids is 1. The summed E-state index contributed by atoms with van der Waals surface area (Å²) in [4.78, 5) is 18.4. The number of hydrogen-bond donors (Lipinski definition) is 1. The summed E-state index contributed by atoms with van der Waals surface area (Å²) in [5, 5.41) is 14.4. The van der Waals surface area contributed by atoms with Crippen molar-refractivity contribution < 1.29 is 14.7 Å². The minimum absolute atomic E-state index is 0.0916. The first-order valence-electron chi connectivity index (χ1n) is 9.71. The molecule has 0 amide bonds. The van der Waals surface area contributed by atoms with E-state index in [0.29, 0.717) is 30.0 Å². The van der Waals surface area contributed by atoms with Gasteiger partial charge in [-0.05, 0) is 68.1 Å². The van der Waals surface area contributed by atoms with Crippen molar-refractivity contribution in [3.8, 4) is 0 Å². The van der Waals surface area contributed by atoms with E-state index in [4.69, 9.17) is 4.84 Å². The lowest BCUT2D eigenvalue weighted by Crippen LogP contribution is -2.57. The molecular weight excluding hydrogens is 302 g/mol. The summed E-state index contributed by atoms with van der Waals surface area (Å²) in [6.45, 7) is 4.59. The molecule has 4 heteroatoms. The Morgan fingerprint density at radius 2 is 2.00 bits per heavy atom. The second-order valence-electron chi connectivity index (χ2n) is 9.28. The minimum atomic E-state index is -0.157. The third-order valence-corrected chi connectivity index (χ3v) is 8.27. The average molecular weight is 333 g/mol. The van der Waals surface area contributed by atoms with Gasteiger partial charge in [0.2, 0.25) is 0 Å². The fraction of sp³-hybridized carbons (Fsp3) is 0.900. The van der Waals surface area contributed by atoms with Gasteiger partial charge in [0.1, 0.15) is 12.9 Å². The fourth-order valence-electron chi connectivity index (χ4n) is 7.11. The summed E-state index contributed by atoms with van der Waals surface area (Å²) in [5.41, 5.74) is 1.11. The van der Waals surface area contributed by atoms with Crippen molar-refractivity contribution in [1.29, 1.82) is 0 Å². The summed E-state index contributed by atoms with van der Waals surface area (Å²) in [6, 6.07) is 0. The molecule has 0 aromatic carbocycles. The van der Waals surface area contributed by atoms with Crippen molar-refractivity contribution in [2.24, 2.45) is 39.7 Å². The van der Waals surface area contributed by atoms with Crippen LogP contribution in [0.15, 0.2) is 5.16 Å². The average Bonchev–Trinajstić information content (AvgIpc) is 2.84. The minimum Gasteiger partial charge on any atom is -0.399 e. The van der Waals surface area contributed by atoms with Gasteiger partial charge >= 0.3 is 0 Å². The van der Waals surface area contributed by atoms with Crippen molar-refractivity contribution in [2.45, 2.75) is 71.3 Å². The number of fused-ring (bicyclic) bond motifs is 5. The molecule has 4 fully saturated rings. The molecule has 0 heterocycles. The van der Waals surface area contributed by atoms with E-state index >= 15 is 0 Å². The van der Waals surface area contributed by atoms with Crippen LogP contribution in [0.4, 0.5) is 0 Å². The molecule has 0 spiro atoms. The molecule has 0 unspecified atom stereocenters. The molecule has 0 bridgehead atoms. The largest absolute Gasteiger partial charge is 0.399 e. The third kappa shape index (κ3) is 2.14. The molecule has 24 heavy (non-hydrogen) atoms. The molecule has 4 rings (SSSR count). The van der Waals surface area contributed by atoms with Gasteiger partial charge in [-0.25, -0.2) is 0 Å². The van der Waals surface area contributed by atoms with Gasteiger partial charge in [0.25, 0.3) is 0 Å². The first-order valence-corrected chi connectivity index (χ1v) is 9.71. The van der Waals surface area contributed by atoms with E-state index < -0.39 is 0 Å². The second kappa shape index (κ2) is 5.55. The summed E-state index contributed by atoms with van der Waals surface area (Å²) in [5.74, 6) is 2.23. The van der Waals surface area contributed by atoms with Gasteiger partial charge in [0.15, 0.2) is 0 Å². The zero-order valence-electron chi connectivity index (χ0n) is 15.3. The SMILES string of the molecule is CO/N=C1/CC[C@H]2[C@@H]3CC[C@@H]4C[C@H](O)CC[C@]4(C)[C@H]3C(=O)C[C@]12C. The predicted octanol–water partition coefficient (Wildman–Crippen LogP) is 3.57. The van der Waals surface area contributed by atoms with Gasteiger partial charge in [-0.3, -0.25) is 4.79 Å². The second-order valence-corrected chi connectivity index (χ2v) is 9.28. The van der Waals surface area contributed by atoms with Gasteiger partial charge in [0.05, 0.1) is 11.8 Å². The molecule has 1 N–H and O–H groups in total. The lowest BCUT2D eigenvalue weighted by Gasteiger charge is -2.59. The van der Waals surface area contributed by atoms with Gasteiger partial charge < -0.3 is 9.94 Å². The van der Waals surface area contributed by atoms with Gasteiger partial charge in [-0.1, -0.05) is 19.0 Å². The van der Waals surface area contributed by atoms with Crippen molar-refractivity contribution in [3.63, 3.8) is 0 Å². The summed E-state index contributed by atoms with van der Waals surface area (Å²) in [6.07, 6.45) is 7.68. The summed E-state index contributed by atoms with van der Waals surface area (Å²) in [7, 11) is 1.61. The van der Waals surface area contributed by atoms with Crippen LogP contribution in [-0.2, 0) is 9.63 Å². The Hall–Kier alpha value is -0.900. The Morgan fingerprint density at radius 1 is 1.21 bits per heavy atom. The monoisotopic (exact) mass is 333 g/mol. The van der Waals surface area contributed by atoms with E-state index in [-0.39, 0.29) is 22.9 Å². The van der Waals surface area contributed by atoms with Crippen LogP contribution < -0.4 is 0 Å². The number of ketones is 1. The number of rotatable bonds is 1. The highest BCUT2D eigenvalue weighted by Gasteiger charge is 2.62. The Balaban J connectivity index is 1.68. The maximum Gasteiger partial charge on any atom is 0.137 e. The summed E-state index contributed by atoms with van der Waals surface area (Å²) < 4.78 is 0. The molecule has 0 aromatic heterocycles. The Labute approximate surface area is 145 Å². The Bertz CT molecular complexity index is 573. The Morgan fingerprint density at radius 3 is 2.75 bits per heavy atom. The van der Waals surface area contributed by atoms with Crippen LogP contribution in [0, 0.1) is 34.5 Å². The first-order chi connectivity index (χ1) is 11.4. The molecule has 4 nitrogen and oxygen atoms in total. The topological polar surface area (TPSA) is 58.9 Å². The van der Waals surface area contributed by atoms with Gasteiger partial charge in [-0.2, -0.15) is 0 Å². The smallest absolute Gasteiger partial charge is 0.137 e. The maximum atomic E-state index is 13.3. The zero-order valence-corrected chi connectivity index (χ0v) is 15.3. The van der Waals surface area contributed by atoms with E-state index in [1.165, 1.54) is 6.42 Å². The van der Waals surface area contributed by atoms with Crippen molar-refractivity contribution in [1.82, 2.24) is 0 Å². The highest BCUT2D eigenvalue weighted by molar-refractivity contribution is 5.98. The van der Waals surface area contributed by atoms with Gasteiger partial charge in [-0.15, -0.1) is 0 Å². The molecule has 4 aliphatic rings. The third-order valence-electron chi connectivity index (χ3n) is 8.27. The van der Waals surface area contributed by atoms with Crippen LogP contribution in [0.1, 0.15) is 65.2 Å². The van der Waals surface area contributed by atoms with Crippen LogP contribution in [0.5, 0.6) is 0 Å². The molecule has 7 atom stereocenters. The Kier molecular flexibility index (Phi) is 3.83. The van der Waals surface area contributed by atoms with Crippen LogP contribution in [0.25, 0.3) is 0 Å². The molecule has 4 aliphatic carbocycles. The van der Waals surface area contributed by atoms with Gasteiger partial charge in [0, 0.05) is 17.8 Å². The normalized spacial score (nSPS) is 52.6. The van der Waals surface area contributed by atoms with E-state index in [2.05, 4.69) is 19.0 Å². The molecule has 0 aliphatic heterocycles. The van der Waals surface area contributed by atoms with E-state index in [1.807, 2.05) is 0 Å².